The van der Waals surface area contributed by atoms with E-state index in [1.54, 1.807) is 0 Å². The lowest BCUT2D eigenvalue weighted by atomic mass is 9.95. The van der Waals surface area contributed by atoms with E-state index in [0.717, 1.165) is 6.42 Å². The van der Waals surface area contributed by atoms with Gasteiger partial charge in [0.05, 0.1) is 6.61 Å². The highest BCUT2D eigenvalue weighted by molar-refractivity contribution is 5.73. The first-order valence-electron chi connectivity index (χ1n) is 5.20. The van der Waals surface area contributed by atoms with Gasteiger partial charge in [-0.05, 0) is 37.5 Å². The van der Waals surface area contributed by atoms with Crippen molar-refractivity contribution in [3.63, 3.8) is 0 Å². The van der Waals surface area contributed by atoms with Crippen LogP contribution in [-0.4, -0.2) is 23.8 Å². The Bertz CT molecular complexity index is 257. The van der Waals surface area contributed by atoms with Gasteiger partial charge in [-0.15, -0.1) is 0 Å². The molecule has 4 unspecified atom stereocenters. The lowest BCUT2D eigenvalue weighted by molar-refractivity contribution is -0.154. The van der Waals surface area contributed by atoms with Crippen LogP contribution in [0.2, 0.25) is 0 Å². The topological polar surface area (TPSA) is 46.5 Å². The van der Waals surface area contributed by atoms with Crippen molar-refractivity contribution in [2.75, 3.05) is 6.61 Å². The molecule has 78 valence electrons. The molecule has 2 aliphatic carbocycles. The third kappa shape index (κ3) is 1.82. The minimum atomic E-state index is -0.996. The van der Waals surface area contributed by atoms with Gasteiger partial charge in [0.15, 0.2) is 0 Å². The molecule has 0 aromatic heterocycles. The highest BCUT2D eigenvalue weighted by Gasteiger charge is 2.36. The number of aliphatic hydroxyl groups is 1. The van der Waals surface area contributed by atoms with E-state index in [-0.39, 0.29) is 0 Å². The van der Waals surface area contributed by atoms with Crippen molar-refractivity contribution in [3.05, 3.63) is 12.2 Å². The minimum absolute atomic E-state index is 0.468. The molecule has 1 fully saturated rings. The Morgan fingerprint density at radius 3 is 2.86 bits per heavy atom. The molecule has 4 atom stereocenters. The molecular formula is C11H16O3. The zero-order valence-corrected chi connectivity index (χ0v) is 8.35. The molecule has 2 aliphatic rings. The number of hydrogen-bond donors (Lipinski definition) is 1. The van der Waals surface area contributed by atoms with E-state index < -0.39 is 12.1 Å². The number of rotatable bonds is 3. The van der Waals surface area contributed by atoms with Gasteiger partial charge in [-0.3, -0.25) is 0 Å². The molecule has 1 saturated carbocycles. The second kappa shape index (κ2) is 3.73. The summed E-state index contributed by atoms with van der Waals surface area (Å²) in [5.74, 6) is 1.28. The zero-order valence-electron chi connectivity index (χ0n) is 8.35. The van der Waals surface area contributed by atoms with Crippen LogP contribution in [-0.2, 0) is 9.53 Å². The van der Waals surface area contributed by atoms with Crippen LogP contribution in [0.15, 0.2) is 12.2 Å². The number of carbonyl (C=O) groups is 1. The molecule has 0 saturated heterocycles. The standard InChI is InChI=1S/C11H16O3/c1-7(12)11(13)14-6-10-5-8-2-3-9(10)4-8/h2-3,7-10,12H,4-6H2,1H3. The summed E-state index contributed by atoms with van der Waals surface area (Å²) in [6.07, 6.45) is 5.85. The van der Waals surface area contributed by atoms with E-state index in [9.17, 15) is 4.79 Å². The smallest absolute Gasteiger partial charge is 0.334 e. The van der Waals surface area contributed by atoms with Crippen molar-refractivity contribution in [1.82, 2.24) is 0 Å². The van der Waals surface area contributed by atoms with Gasteiger partial charge in [-0.1, -0.05) is 12.2 Å². The lowest BCUT2D eigenvalue weighted by Gasteiger charge is -2.18. The first-order valence-corrected chi connectivity index (χ1v) is 5.20. The molecule has 1 N–H and O–H groups in total. The highest BCUT2D eigenvalue weighted by Crippen LogP contribution is 2.43. The van der Waals surface area contributed by atoms with E-state index in [1.165, 1.54) is 13.3 Å². The maximum atomic E-state index is 11.0. The van der Waals surface area contributed by atoms with E-state index in [4.69, 9.17) is 9.84 Å². The minimum Gasteiger partial charge on any atom is -0.463 e. The van der Waals surface area contributed by atoms with Crippen molar-refractivity contribution in [2.24, 2.45) is 17.8 Å². The van der Waals surface area contributed by atoms with E-state index in [0.29, 0.717) is 24.4 Å². The van der Waals surface area contributed by atoms with Crippen LogP contribution in [0.1, 0.15) is 19.8 Å². The third-order valence-corrected chi connectivity index (χ3v) is 3.20. The summed E-state index contributed by atoms with van der Waals surface area (Å²) >= 11 is 0. The monoisotopic (exact) mass is 196 g/mol. The number of fused-ring (bicyclic) bond motifs is 2. The van der Waals surface area contributed by atoms with Crippen molar-refractivity contribution < 1.29 is 14.6 Å². The molecule has 0 spiro atoms. The second-order valence-corrected chi connectivity index (χ2v) is 4.35. The van der Waals surface area contributed by atoms with Crippen LogP contribution in [0, 0.1) is 17.8 Å². The average Bonchev–Trinajstić information content (AvgIpc) is 2.74. The van der Waals surface area contributed by atoms with Crippen LogP contribution in [0.3, 0.4) is 0 Å². The van der Waals surface area contributed by atoms with Gasteiger partial charge in [0.1, 0.15) is 6.10 Å². The molecule has 0 aromatic rings. The maximum Gasteiger partial charge on any atom is 0.334 e. The summed E-state index contributed by atoms with van der Waals surface area (Å²) in [5, 5.41) is 8.94. The summed E-state index contributed by atoms with van der Waals surface area (Å²) in [6.45, 7) is 1.90. The number of allylic oxidation sites excluding steroid dienone is 2. The van der Waals surface area contributed by atoms with E-state index >= 15 is 0 Å². The van der Waals surface area contributed by atoms with Crippen molar-refractivity contribution in [2.45, 2.75) is 25.9 Å². The zero-order chi connectivity index (χ0) is 10.1. The molecule has 0 aliphatic heterocycles. The molecule has 0 amide bonds. The number of hydrogen-bond acceptors (Lipinski definition) is 3. The summed E-state index contributed by atoms with van der Waals surface area (Å²) in [7, 11) is 0. The predicted octanol–water partition coefficient (Wildman–Crippen LogP) is 1.12. The van der Waals surface area contributed by atoms with Gasteiger partial charge in [-0.25, -0.2) is 4.79 Å². The van der Waals surface area contributed by atoms with Gasteiger partial charge >= 0.3 is 5.97 Å². The first-order chi connectivity index (χ1) is 6.66. The Balaban J connectivity index is 1.77. The Hall–Kier alpha value is -0.830. The SMILES string of the molecule is CC(O)C(=O)OCC1CC2C=CC1C2. The fourth-order valence-electron chi connectivity index (χ4n) is 2.40. The number of esters is 1. The van der Waals surface area contributed by atoms with Crippen molar-refractivity contribution in [3.8, 4) is 0 Å². The summed E-state index contributed by atoms with van der Waals surface area (Å²) in [6, 6.07) is 0. The Morgan fingerprint density at radius 1 is 1.57 bits per heavy atom. The summed E-state index contributed by atoms with van der Waals surface area (Å²) in [4.78, 5) is 11.0. The molecule has 3 nitrogen and oxygen atoms in total. The van der Waals surface area contributed by atoms with Gasteiger partial charge < -0.3 is 9.84 Å². The van der Waals surface area contributed by atoms with Crippen LogP contribution < -0.4 is 0 Å². The van der Waals surface area contributed by atoms with Crippen molar-refractivity contribution >= 4 is 5.97 Å². The van der Waals surface area contributed by atoms with Crippen LogP contribution in [0.5, 0.6) is 0 Å². The van der Waals surface area contributed by atoms with Gasteiger partial charge in [0.25, 0.3) is 0 Å². The Morgan fingerprint density at radius 2 is 2.36 bits per heavy atom. The molecule has 2 rings (SSSR count). The quantitative estimate of drug-likeness (QED) is 0.543. The highest BCUT2D eigenvalue weighted by atomic mass is 16.5. The molecule has 2 bridgehead atoms. The van der Waals surface area contributed by atoms with E-state index in [2.05, 4.69) is 12.2 Å². The summed E-state index contributed by atoms with van der Waals surface area (Å²) in [5.41, 5.74) is 0. The molecule has 0 radical (unpaired) electrons. The molecule has 3 heteroatoms. The average molecular weight is 196 g/mol. The molecule has 0 aromatic carbocycles. The number of ether oxygens (including phenoxy) is 1. The predicted molar refractivity (Wildman–Crippen MR) is 51.5 cm³/mol. The lowest BCUT2D eigenvalue weighted by Crippen LogP contribution is -2.24. The van der Waals surface area contributed by atoms with Gasteiger partial charge in [0, 0.05) is 0 Å². The number of aliphatic hydroxyl groups excluding tert-OH is 1. The fourth-order valence-corrected chi connectivity index (χ4v) is 2.40. The largest absolute Gasteiger partial charge is 0.463 e. The summed E-state index contributed by atoms with van der Waals surface area (Å²) < 4.78 is 5.02. The Labute approximate surface area is 83.8 Å². The van der Waals surface area contributed by atoms with E-state index in [1.807, 2.05) is 0 Å². The van der Waals surface area contributed by atoms with Crippen LogP contribution >= 0.6 is 0 Å². The van der Waals surface area contributed by atoms with Gasteiger partial charge in [-0.2, -0.15) is 0 Å². The second-order valence-electron chi connectivity index (χ2n) is 4.35. The van der Waals surface area contributed by atoms with Crippen molar-refractivity contribution in [1.29, 1.82) is 0 Å². The fraction of sp³-hybridized carbons (Fsp3) is 0.727. The molecule has 0 heterocycles. The van der Waals surface area contributed by atoms with Gasteiger partial charge in [0.2, 0.25) is 0 Å². The third-order valence-electron chi connectivity index (χ3n) is 3.20. The maximum absolute atomic E-state index is 11.0. The molecule has 14 heavy (non-hydrogen) atoms. The normalized spacial score (nSPS) is 36.0. The first kappa shape index (κ1) is 9.71. The Kier molecular flexibility index (Phi) is 2.59. The van der Waals surface area contributed by atoms with Crippen LogP contribution in [0.25, 0.3) is 0 Å². The van der Waals surface area contributed by atoms with Crippen LogP contribution in [0.4, 0.5) is 0 Å². The number of carbonyl (C=O) groups excluding carboxylic acids is 1. The molecular weight excluding hydrogens is 180 g/mol.